The van der Waals surface area contributed by atoms with Gasteiger partial charge in [0.15, 0.2) is 0 Å². The highest BCUT2D eigenvalue weighted by molar-refractivity contribution is 7.89. The number of halogens is 2. The van der Waals surface area contributed by atoms with Gasteiger partial charge in [0.05, 0.1) is 9.92 Å². The third-order valence-corrected chi connectivity index (χ3v) is 4.72. The Morgan fingerprint density at radius 2 is 2.05 bits per heavy atom. The first kappa shape index (κ1) is 16.4. The van der Waals surface area contributed by atoms with E-state index in [-0.39, 0.29) is 16.0 Å². The van der Waals surface area contributed by atoms with Crippen LogP contribution in [0.4, 0.5) is 4.39 Å². The summed E-state index contributed by atoms with van der Waals surface area (Å²) in [4.78, 5) is -0.111. The van der Waals surface area contributed by atoms with Crippen molar-refractivity contribution in [1.82, 2.24) is 10.0 Å². The van der Waals surface area contributed by atoms with Crippen molar-refractivity contribution in [3.63, 3.8) is 0 Å². The van der Waals surface area contributed by atoms with Gasteiger partial charge in [-0.15, -0.1) is 0 Å². The largest absolute Gasteiger partial charge is 0.316 e. The molecule has 0 amide bonds. The molecule has 2 N–H and O–H groups in total. The molecule has 0 heterocycles. The van der Waals surface area contributed by atoms with Crippen molar-refractivity contribution in [2.24, 2.45) is 0 Å². The van der Waals surface area contributed by atoms with Crippen LogP contribution in [0.15, 0.2) is 17.0 Å². The van der Waals surface area contributed by atoms with Gasteiger partial charge in [0, 0.05) is 12.6 Å². The van der Waals surface area contributed by atoms with E-state index in [2.05, 4.69) is 10.0 Å². The predicted molar refractivity (Wildman–Crippen MR) is 74.2 cm³/mol. The van der Waals surface area contributed by atoms with Crippen LogP contribution in [0.3, 0.4) is 0 Å². The van der Waals surface area contributed by atoms with Gasteiger partial charge in [-0.05, 0) is 38.1 Å². The van der Waals surface area contributed by atoms with E-state index in [1.54, 1.807) is 14.0 Å². The number of nitrogens with one attached hydrogen (secondary N) is 2. The van der Waals surface area contributed by atoms with Crippen LogP contribution in [0.1, 0.15) is 25.8 Å². The van der Waals surface area contributed by atoms with Gasteiger partial charge in [-0.1, -0.05) is 18.5 Å². The Morgan fingerprint density at radius 3 is 2.58 bits per heavy atom. The molecule has 1 atom stereocenters. The molecule has 108 valence electrons. The summed E-state index contributed by atoms with van der Waals surface area (Å²) >= 11 is 5.80. The van der Waals surface area contributed by atoms with Crippen LogP contribution in [0.25, 0.3) is 0 Å². The Kier molecular flexibility index (Phi) is 5.73. The van der Waals surface area contributed by atoms with E-state index < -0.39 is 15.8 Å². The number of rotatable bonds is 6. The Morgan fingerprint density at radius 1 is 1.42 bits per heavy atom. The van der Waals surface area contributed by atoms with E-state index in [4.69, 9.17) is 11.6 Å². The van der Waals surface area contributed by atoms with E-state index in [0.29, 0.717) is 18.5 Å². The van der Waals surface area contributed by atoms with Crippen LogP contribution >= 0.6 is 11.6 Å². The van der Waals surface area contributed by atoms with Gasteiger partial charge in [-0.25, -0.2) is 17.5 Å². The maximum atomic E-state index is 13.7. The molecule has 0 fully saturated rings. The minimum atomic E-state index is -3.73. The van der Waals surface area contributed by atoms with Crippen molar-refractivity contribution in [3.05, 3.63) is 28.5 Å². The Labute approximate surface area is 118 Å². The lowest BCUT2D eigenvalue weighted by molar-refractivity contribution is 0.553. The van der Waals surface area contributed by atoms with Gasteiger partial charge in [0.25, 0.3) is 0 Å². The van der Waals surface area contributed by atoms with Crippen molar-refractivity contribution in [1.29, 1.82) is 0 Å². The number of sulfonamides is 1. The molecule has 0 spiro atoms. The summed E-state index contributed by atoms with van der Waals surface area (Å²) in [6.07, 6.45) is 0.651. The summed E-state index contributed by atoms with van der Waals surface area (Å²) < 4.78 is 40.3. The fourth-order valence-corrected chi connectivity index (χ4v) is 3.07. The van der Waals surface area contributed by atoms with Crippen LogP contribution < -0.4 is 10.0 Å². The van der Waals surface area contributed by atoms with Gasteiger partial charge in [0.1, 0.15) is 5.82 Å². The van der Waals surface area contributed by atoms with Gasteiger partial charge >= 0.3 is 0 Å². The summed E-state index contributed by atoms with van der Waals surface area (Å²) in [5.41, 5.74) is 0.411. The standard InChI is InChI=1S/C12H18ClFN2O2S/c1-4-8(2)16-19(17,18)10-5-9(7-15-3)12(13)11(14)6-10/h5-6,8,15-16H,4,7H2,1-3H3. The Balaban J connectivity index is 3.20. The molecule has 0 radical (unpaired) electrons. The third kappa shape index (κ3) is 4.14. The molecular formula is C12H18ClFN2O2S. The molecule has 0 aromatic heterocycles. The van der Waals surface area contributed by atoms with E-state index in [1.807, 2.05) is 6.92 Å². The zero-order valence-corrected chi connectivity index (χ0v) is 12.7. The smallest absolute Gasteiger partial charge is 0.240 e. The van der Waals surface area contributed by atoms with E-state index in [1.165, 1.54) is 6.07 Å². The maximum Gasteiger partial charge on any atom is 0.240 e. The van der Waals surface area contributed by atoms with E-state index in [0.717, 1.165) is 6.07 Å². The highest BCUT2D eigenvalue weighted by Crippen LogP contribution is 2.24. The molecule has 0 saturated carbocycles. The molecular weight excluding hydrogens is 291 g/mol. The second-order valence-electron chi connectivity index (χ2n) is 4.34. The lowest BCUT2D eigenvalue weighted by atomic mass is 10.2. The fourth-order valence-electron chi connectivity index (χ4n) is 1.51. The first-order chi connectivity index (χ1) is 8.81. The van der Waals surface area contributed by atoms with Crippen molar-refractivity contribution >= 4 is 21.6 Å². The van der Waals surface area contributed by atoms with Gasteiger partial charge in [0.2, 0.25) is 10.0 Å². The molecule has 4 nitrogen and oxygen atoms in total. The summed E-state index contributed by atoms with van der Waals surface area (Å²) in [5, 5.41) is 2.76. The third-order valence-electron chi connectivity index (χ3n) is 2.72. The summed E-state index contributed by atoms with van der Waals surface area (Å²) in [6, 6.07) is 2.11. The second-order valence-corrected chi connectivity index (χ2v) is 6.43. The van der Waals surface area contributed by atoms with Crippen LogP contribution in [0.5, 0.6) is 0 Å². The molecule has 1 aromatic carbocycles. The topological polar surface area (TPSA) is 58.2 Å². The molecule has 0 aliphatic heterocycles. The Hall–Kier alpha value is -0.690. The monoisotopic (exact) mass is 308 g/mol. The zero-order chi connectivity index (χ0) is 14.6. The van der Waals surface area contributed by atoms with Gasteiger partial charge in [-0.2, -0.15) is 0 Å². The zero-order valence-electron chi connectivity index (χ0n) is 11.1. The maximum absolute atomic E-state index is 13.7. The van der Waals surface area contributed by atoms with Gasteiger partial charge < -0.3 is 5.32 Å². The van der Waals surface area contributed by atoms with Crippen LogP contribution in [0.2, 0.25) is 5.02 Å². The second kappa shape index (κ2) is 6.65. The van der Waals surface area contributed by atoms with Crippen LogP contribution in [0, 0.1) is 5.82 Å². The van der Waals surface area contributed by atoms with E-state index >= 15 is 0 Å². The fraction of sp³-hybridized carbons (Fsp3) is 0.500. The van der Waals surface area contributed by atoms with Crippen molar-refractivity contribution in [3.8, 4) is 0 Å². The molecule has 19 heavy (non-hydrogen) atoms. The van der Waals surface area contributed by atoms with Crippen molar-refractivity contribution in [2.75, 3.05) is 7.05 Å². The molecule has 0 aliphatic rings. The first-order valence-electron chi connectivity index (χ1n) is 5.96. The summed E-state index contributed by atoms with van der Waals surface area (Å²) in [7, 11) is -2.05. The normalized spacial score (nSPS) is 13.5. The van der Waals surface area contributed by atoms with Crippen molar-refractivity contribution in [2.45, 2.75) is 37.8 Å². The highest BCUT2D eigenvalue weighted by Gasteiger charge is 2.20. The number of hydrogen-bond acceptors (Lipinski definition) is 3. The molecule has 0 aliphatic carbocycles. The molecule has 1 rings (SSSR count). The minimum Gasteiger partial charge on any atom is -0.316 e. The lowest BCUT2D eigenvalue weighted by Gasteiger charge is -2.14. The van der Waals surface area contributed by atoms with Crippen molar-refractivity contribution < 1.29 is 12.8 Å². The summed E-state index contributed by atoms with van der Waals surface area (Å²) in [5.74, 6) is -0.737. The molecule has 1 unspecified atom stereocenters. The molecule has 0 saturated heterocycles. The highest BCUT2D eigenvalue weighted by atomic mass is 35.5. The molecule has 1 aromatic rings. The van der Waals surface area contributed by atoms with Crippen LogP contribution in [-0.2, 0) is 16.6 Å². The SMILES string of the molecule is CCC(C)NS(=O)(=O)c1cc(F)c(Cl)c(CNC)c1. The molecule has 0 bridgehead atoms. The number of hydrogen-bond donors (Lipinski definition) is 2. The lowest BCUT2D eigenvalue weighted by Crippen LogP contribution is -2.32. The predicted octanol–water partition coefficient (Wildman–Crippen LogP) is 2.28. The number of benzene rings is 1. The Bertz CT molecular complexity index is 549. The minimum absolute atomic E-state index is 0.0585. The van der Waals surface area contributed by atoms with Gasteiger partial charge in [-0.3, -0.25) is 0 Å². The van der Waals surface area contributed by atoms with E-state index in [9.17, 15) is 12.8 Å². The average molecular weight is 309 g/mol. The molecule has 7 heteroatoms. The average Bonchev–Trinajstić information content (AvgIpc) is 2.34. The first-order valence-corrected chi connectivity index (χ1v) is 7.82. The van der Waals surface area contributed by atoms with Crippen LogP contribution in [-0.4, -0.2) is 21.5 Å². The summed E-state index contributed by atoms with van der Waals surface area (Å²) in [6.45, 7) is 3.91. The quantitative estimate of drug-likeness (QED) is 0.847.